The fourth-order valence-corrected chi connectivity index (χ4v) is 2.74. The van der Waals surface area contributed by atoms with Crippen LogP contribution in [-0.2, 0) is 0 Å². The summed E-state index contributed by atoms with van der Waals surface area (Å²) in [6, 6.07) is 9.10. The maximum atomic E-state index is 12.0. The normalized spacial score (nSPS) is 16.9. The fourth-order valence-electron chi connectivity index (χ4n) is 2.74. The summed E-state index contributed by atoms with van der Waals surface area (Å²) in [4.78, 5) is 15.8. The van der Waals surface area contributed by atoms with E-state index in [4.69, 9.17) is 0 Å². The van der Waals surface area contributed by atoms with Gasteiger partial charge in [-0.2, -0.15) is 0 Å². The molecule has 1 atom stereocenters. The Hall–Kier alpha value is -1.55. The number of nitrogens with one attached hydrogen (secondary N) is 1. The van der Waals surface area contributed by atoms with Gasteiger partial charge in [-0.1, -0.05) is 45.0 Å². The van der Waals surface area contributed by atoms with Gasteiger partial charge in [0.05, 0.1) is 0 Å². The van der Waals surface area contributed by atoms with Gasteiger partial charge in [0.2, 0.25) is 0 Å². The number of urea groups is 1. The molecule has 1 aliphatic heterocycles. The first-order valence-corrected chi connectivity index (χ1v) is 7.86. The van der Waals surface area contributed by atoms with E-state index in [9.17, 15) is 4.79 Å². The van der Waals surface area contributed by atoms with Crippen molar-refractivity contribution in [2.45, 2.75) is 32.7 Å². The standard InChI is InChI=1S/C17H27N3O/c1-5-18-16(12-20-11-10-19(4)17(20)21)15-8-6-14(7-9-15)13(2)3/h6-9,13,16,18H,5,10-12H2,1-4H3. The maximum Gasteiger partial charge on any atom is 0.319 e. The topological polar surface area (TPSA) is 35.6 Å². The molecule has 2 rings (SSSR count). The number of rotatable bonds is 6. The molecule has 1 heterocycles. The van der Waals surface area contributed by atoms with E-state index in [1.165, 1.54) is 11.1 Å². The summed E-state index contributed by atoms with van der Waals surface area (Å²) in [5.41, 5.74) is 2.61. The van der Waals surface area contributed by atoms with Crippen molar-refractivity contribution < 1.29 is 4.79 Å². The van der Waals surface area contributed by atoms with Crippen LogP contribution >= 0.6 is 0 Å². The van der Waals surface area contributed by atoms with Gasteiger partial charge in [-0.3, -0.25) is 0 Å². The van der Waals surface area contributed by atoms with Gasteiger partial charge in [-0.15, -0.1) is 0 Å². The number of carbonyl (C=O) groups excluding carboxylic acids is 1. The number of benzene rings is 1. The molecule has 1 fully saturated rings. The first-order valence-electron chi connectivity index (χ1n) is 7.86. The van der Waals surface area contributed by atoms with Crippen molar-refractivity contribution in [1.82, 2.24) is 15.1 Å². The SMILES string of the molecule is CCNC(CN1CCN(C)C1=O)c1ccc(C(C)C)cc1. The molecule has 116 valence electrons. The first kappa shape index (κ1) is 15.8. The molecule has 1 saturated heterocycles. The Morgan fingerprint density at radius 1 is 1.14 bits per heavy atom. The third kappa shape index (κ3) is 3.76. The third-order valence-electron chi connectivity index (χ3n) is 4.16. The van der Waals surface area contributed by atoms with Gasteiger partial charge < -0.3 is 15.1 Å². The lowest BCUT2D eigenvalue weighted by molar-refractivity contribution is 0.194. The van der Waals surface area contributed by atoms with E-state index in [2.05, 4.69) is 50.4 Å². The van der Waals surface area contributed by atoms with E-state index in [-0.39, 0.29) is 12.1 Å². The van der Waals surface area contributed by atoms with Crippen LogP contribution in [0.4, 0.5) is 4.79 Å². The molecular formula is C17H27N3O. The van der Waals surface area contributed by atoms with E-state index in [0.29, 0.717) is 5.92 Å². The fraction of sp³-hybridized carbons (Fsp3) is 0.588. The Labute approximate surface area is 128 Å². The van der Waals surface area contributed by atoms with Gasteiger partial charge in [0.15, 0.2) is 0 Å². The summed E-state index contributed by atoms with van der Waals surface area (Å²) in [6.45, 7) is 9.79. The lowest BCUT2D eigenvalue weighted by Crippen LogP contribution is -2.37. The second kappa shape index (κ2) is 6.94. The van der Waals surface area contributed by atoms with E-state index in [1.54, 1.807) is 4.90 Å². The summed E-state index contributed by atoms with van der Waals surface area (Å²) in [5, 5.41) is 3.50. The van der Waals surface area contributed by atoms with Crippen molar-refractivity contribution in [2.24, 2.45) is 0 Å². The van der Waals surface area contributed by atoms with Crippen molar-refractivity contribution in [3.05, 3.63) is 35.4 Å². The predicted molar refractivity (Wildman–Crippen MR) is 86.5 cm³/mol. The van der Waals surface area contributed by atoms with Crippen LogP contribution in [0.1, 0.15) is 43.9 Å². The highest BCUT2D eigenvalue weighted by molar-refractivity contribution is 5.76. The lowest BCUT2D eigenvalue weighted by atomic mass is 9.99. The quantitative estimate of drug-likeness (QED) is 0.874. The molecule has 4 heteroatoms. The molecule has 1 unspecified atom stereocenters. The Kier molecular flexibility index (Phi) is 5.23. The van der Waals surface area contributed by atoms with Crippen molar-refractivity contribution in [3.63, 3.8) is 0 Å². The van der Waals surface area contributed by atoms with E-state index >= 15 is 0 Å². The number of hydrogen-bond donors (Lipinski definition) is 1. The number of hydrogen-bond acceptors (Lipinski definition) is 2. The number of amides is 2. The van der Waals surface area contributed by atoms with Crippen LogP contribution in [0.5, 0.6) is 0 Å². The largest absolute Gasteiger partial charge is 0.326 e. The number of likely N-dealkylation sites (N-methyl/N-ethyl adjacent to an activating group) is 2. The van der Waals surface area contributed by atoms with E-state index < -0.39 is 0 Å². The van der Waals surface area contributed by atoms with Crippen LogP contribution in [0.2, 0.25) is 0 Å². The van der Waals surface area contributed by atoms with Gasteiger partial charge >= 0.3 is 6.03 Å². The summed E-state index contributed by atoms with van der Waals surface area (Å²) in [5.74, 6) is 0.547. The third-order valence-corrected chi connectivity index (χ3v) is 4.16. The zero-order valence-electron chi connectivity index (χ0n) is 13.6. The average Bonchev–Trinajstić information content (AvgIpc) is 2.79. The highest BCUT2D eigenvalue weighted by Gasteiger charge is 2.27. The zero-order chi connectivity index (χ0) is 15.4. The molecule has 21 heavy (non-hydrogen) atoms. The highest BCUT2D eigenvalue weighted by Crippen LogP contribution is 2.21. The van der Waals surface area contributed by atoms with Crippen LogP contribution in [0, 0.1) is 0 Å². The van der Waals surface area contributed by atoms with Crippen molar-refractivity contribution in [3.8, 4) is 0 Å². The molecule has 4 nitrogen and oxygen atoms in total. The van der Waals surface area contributed by atoms with Crippen LogP contribution in [0.15, 0.2) is 24.3 Å². The number of nitrogens with zero attached hydrogens (tertiary/aromatic N) is 2. The van der Waals surface area contributed by atoms with Crippen LogP contribution in [0.25, 0.3) is 0 Å². The molecule has 0 saturated carbocycles. The van der Waals surface area contributed by atoms with Crippen molar-refractivity contribution >= 4 is 6.03 Å². The van der Waals surface area contributed by atoms with E-state index in [1.807, 2.05) is 11.9 Å². The molecule has 1 aromatic rings. The van der Waals surface area contributed by atoms with E-state index in [0.717, 1.165) is 26.2 Å². The van der Waals surface area contributed by atoms with Crippen molar-refractivity contribution in [2.75, 3.05) is 33.2 Å². The molecule has 1 aliphatic rings. The zero-order valence-corrected chi connectivity index (χ0v) is 13.6. The Morgan fingerprint density at radius 3 is 2.24 bits per heavy atom. The second-order valence-corrected chi connectivity index (χ2v) is 6.08. The van der Waals surface area contributed by atoms with Crippen LogP contribution < -0.4 is 5.32 Å². The summed E-state index contributed by atoms with van der Waals surface area (Å²) < 4.78 is 0. The van der Waals surface area contributed by atoms with Gasteiger partial charge in [-0.05, 0) is 23.6 Å². The molecule has 0 aliphatic carbocycles. The molecule has 2 amide bonds. The predicted octanol–water partition coefficient (Wildman–Crippen LogP) is 2.83. The smallest absolute Gasteiger partial charge is 0.319 e. The average molecular weight is 289 g/mol. The number of carbonyl (C=O) groups is 1. The minimum absolute atomic E-state index is 0.136. The highest BCUT2D eigenvalue weighted by atomic mass is 16.2. The Bertz CT molecular complexity index is 469. The minimum Gasteiger partial charge on any atom is -0.326 e. The monoisotopic (exact) mass is 289 g/mol. The van der Waals surface area contributed by atoms with Crippen molar-refractivity contribution in [1.29, 1.82) is 0 Å². The molecule has 0 aromatic heterocycles. The Balaban J connectivity index is 2.09. The molecule has 0 bridgehead atoms. The lowest BCUT2D eigenvalue weighted by Gasteiger charge is -2.25. The second-order valence-electron chi connectivity index (χ2n) is 6.08. The molecule has 1 aromatic carbocycles. The Morgan fingerprint density at radius 2 is 1.76 bits per heavy atom. The molecular weight excluding hydrogens is 262 g/mol. The van der Waals surface area contributed by atoms with Gasteiger partial charge in [0.1, 0.15) is 0 Å². The molecule has 0 radical (unpaired) electrons. The van der Waals surface area contributed by atoms with Gasteiger partial charge in [0, 0.05) is 32.7 Å². The van der Waals surface area contributed by atoms with Gasteiger partial charge in [-0.25, -0.2) is 4.79 Å². The van der Waals surface area contributed by atoms with Crippen LogP contribution in [-0.4, -0.2) is 49.1 Å². The van der Waals surface area contributed by atoms with Crippen LogP contribution in [0.3, 0.4) is 0 Å². The minimum atomic E-state index is 0.136. The first-order chi connectivity index (χ1) is 10.0. The van der Waals surface area contributed by atoms with Gasteiger partial charge in [0.25, 0.3) is 0 Å². The molecule has 0 spiro atoms. The summed E-state index contributed by atoms with van der Waals surface area (Å²) >= 11 is 0. The summed E-state index contributed by atoms with van der Waals surface area (Å²) in [7, 11) is 1.86. The summed E-state index contributed by atoms with van der Waals surface area (Å²) in [6.07, 6.45) is 0. The maximum absolute atomic E-state index is 12.0. The molecule has 1 N–H and O–H groups in total.